The number of hydrogen-bond donors (Lipinski definition) is 2. The molecule has 1 saturated heterocycles. The first-order valence-corrected chi connectivity index (χ1v) is 5.64. The fourth-order valence-electron chi connectivity index (χ4n) is 1.81. The lowest BCUT2D eigenvalue weighted by molar-refractivity contribution is -0.137. The smallest absolute Gasteiger partial charge is 0.344 e. The zero-order chi connectivity index (χ0) is 14.0. The molecule has 1 fully saturated rings. The van der Waals surface area contributed by atoms with Gasteiger partial charge in [-0.3, -0.25) is 9.59 Å². The van der Waals surface area contributed by atoms with Crippen LogP contribution in [-0.4, -0.2) is 17.9 Å². The third kappa shape index (κ3) is 3.24. The van der Waals surface area contributed by atoms with Gasteiger partial charge in [-0.05, 0) is 24.6 Å². The number of nitrogens with one attached hydrogen (secondary N) is 2. The van der Waals surface area contributed by atoms with Crippen LogP contribution in [0, 0.1) is 0 Å². The summed E-state index contributed by atoms with van der Waals surface area (Å²) in [5.41, 5.74) is -0.776. The van der Waals surface area contributed by atoms with E-state index in [1.165, 1.54) is 12.1 Å². The van der Waals surface area contributed by atoms with Crippen molar-refractivity contribution < 1.29 is 22.8 Å². The summed E-state index contributed by atoms with van der Waals surface area (Å²) in [4.78, 5) is 22.7. The van der Waals surface area contributed by atoms with Gasteiger partial charge in [-0.15, -0.1) is 0 Å². The highest BCUT2D eigenvalue weighted by molar-refractivity contribution is 5.99. The van der Waals surface area contributed by atoms with Crippen molar-refractivity contribution in [2.24, 2.45) is 0 Å². The summed E-state index contributed by atoms with van der Waals surface area (Å²) < 4.78 is 37.5. The molecule has 4 nitrogen and oxygen atoms in total. The number of anilines is 1. The average molecular weight is 272 g/mol. The molecule has 1 aliphatic heterocycles. The lowest BCUT2D eigenvalue weighted by Crippen LogP contribution is -2.37. The van der Waals surface area contributed by atoms with Gasteiger partial charge in [0.1, 0.15) is 6.04 Å². The Hall–Kier alpha value is -2.05. The Bertz CT molecular complexity index is 514. The van der Waals surface area contributed by atoms with Crippen LogP contribution in [0.1, 0.15) is 18.4 Å². The molecule has 0 bridgehead atoms. The molecule has 7 heteroatoms. The Morgan fingerprint density at radius 1 is 1.37 bits per heavy atom. The summed E-state index contributed by atoms with van der Waals surface area (Å²) in [6, 6.07) is 3.68. The van der Waals surface area contributed by atoms with Gasteiger partial charge in [0.2, 0.25) is 11.8 Å². The number of hydrogen-bond acceptors (Lipinski definition) is 2. The van der Waals surface area contributed by atoms with Crippen LogP contribution in [0.2, 0.25) is 0 Å². The lowest BCUT2D eigenvalue weighted by Gasteiger charge is -2.12. The predicted molar refractivity (Wildman–Crippen MR) is 61.2 cm³/mol. The minimum Gasteiger partial charge on any atom is -0.344 e. The summed E-state index contributed by atoms with van der Waals surface area (Å²) in [7, 11) is 0. The molecule has 2 rings (SSSR count). The highest BCUT2D eigenvalue weighted by atomic mass is 19.4. The monoisotopic (exact) mass is 272 g/mol. The van der Waals surface area contributed by atoms with Gasteiger partial charge in [0.15, 0.2) is 0 Å². The fourth-order valence-corrected chi connectivity index (χ4v) is 1.81. The van der Waals surface area contributed by atoms with E-state index in [2.05, 4.69) is 10.6 Å². The maximum atomic E-state index is 12.5. The van der Waals surface area contributed by atoms with E-state index in [0.29, 0.717) is 6.42 Å². The van der Waals surface area contributed by atoms with Crippen molar-refractivity contribution in [3.05, 3.63) is 29.8 Å². The van der Waals surface area contributed by atoms with Crippen molar-refractivity contribution in [3.8, 4) is 0 Å². The number of rotatable bonds is 2. The van der Waals surface area contributed by atoms with E-state index in [9.17, 15) is 22.8 Å². The Balaban J connectivity index is 2.07. The molecule has 0 unspecified atom stereocenters. The van der Waals surface area contributed by atoms with Gasteiger partial charge in [0.05, 0.1) is 5.56 Å². The van der Waals surface area contributed by atoms with Crippen molar-refractivity contribution in [2.45, 2.75) is 25.1 Å². The Morgan fingerprint density at radius 2 is 2.11 bits per heavy atom. The number of carbonyl (C=O) groups is 2. The first-order valence-electron chi connectivity index (χ1n) is 5.64. The van der Waals surface area contributed by atoms with E-state index in [-0.39, 0.29) is 18.0 Å². The van der Waals surface area contributed by atoms with Crippen molar-refractivity contribution in [1.82, 2.24) is 5.32 Å². The molecule has 0 aliphatic carbocycles. The second-order valence-corrected chi connectivity index (χ2v) is 4.23. The van der Waals surface area contributed by atoms with E-state index < -0.39 is 23.7 Å². The van der Waals surface area contributed by atoms with E-state index in [0.717, 1.165) is 12.1 Å². The first-order chi connectivity index (χ1) is 8.86. The van der Waals surface area contributed by atoms with Crippen LogP contribution in [-0.2, 0) is 15.8 Å². The first kappa shape index (κ1) is 13.4. The van der Waals surface area contributed by atoms with Gasteiger partial charge in [-0.1, -0.05) is 6.07 Å². The van der Waals surface area contributed by atoms with Crippen LogP contribution in [0.25, 0.3) is 0 Å². The number of alkyl halides is 3. The molecule has 0 saturated carbocycles. The zero-order valence-corrected chi connectivity index (χ0v) is 9.75. The van der Waals surface area contributed by atoms with E-state index >= 15 is 0 Å². The molecule has 2 amide bonds. The second kappa shape index (κ2) is 4.91. The summed E-state index contributed by atoms with van der Waals surface area (Å²) >= 11 is 0. The number of halogens is 3. The van der Waals surface area contributed by atoms with Crippen LogP contribution in [0.3, 0.4) is 0 Å². The molecule has 0 radical (unpaired) electrons. The van der Waals surface area contributed by atoms with Crippen molar-refractivity contribution in [2.75, 3.05) is 5.32 Å². The summed E-state index contributed by atoms with van der Waals surface area (Å²) in [5.74, 6) is -0.741. The summed E-state index contributed by atoms with van der Waals surface area (Å²) in [6.07, 6.45) is -3.85. The zero-order valence-electron chi connectivity index (χ0n) is 9.75. The van der Waals surface area contributed by atoms with Crippen LogP contribution < -0.4 is 10.6 Å². The maximum absolute atomic E-state index is 12.5. The van der Waals surface area contributed by atoms with E-state index in [1.807, 2.05) is 0 Å². The second-order valence-electron chi connectivity index (χ2n) is 4.23. The molecule has 2 N–H and O–H groups in total. The molecular weight excluding hydrogens is 261 g/mol. The van der Waals surface area contributed by atoms with Crippen molar-refractivity contribution in [3.63, 3.8) is 0 Å². The van der Waals surface area contributed by atoms with Gasteiger partial charge in [-0.2, -0.15) is 13.2 Å². The molecular formula is C12H11F3N2O2. The summed E-state index contributed by atoms with van der Waals surface area (Å²) in [6.45, 7) is 0. The Labute approximate surface area is 107 Å². The summed E-state index contributed by atoms with van der Waals surface area (Å²) in [5, 5.41) is 4.81. The van der Waals surface area contributed by atoms with Crippen LogP contribution >= 0.6 is 0 Å². The molecule has 1 heterocycles. The van der Waals surface area contributed by atoms with Crippen LogP contribution in [0.4, 0.5) is 18.9 Å². The van der Waals surface area contributed by atoms with Gasteiger partial charge >= 0.3 is 6.18 Å². The molecule has 0 spiro atoms. The predicted octanol–water partition coefficient (Wildman–Crippen LogP) is 1.92. The number of carbonyl (C=O) groups excluding carboxylic acids is 2. The molecule has 0 aromatic heterocycles. The fraction of sp³-hybridized carbons (Fsp3) is 0.333. The normalized spacial score (nSPS) is 19.1. The minimum atomic E-state index is -4.46. The van der Waals surface area contributed by atoms with Crippen LogP contribution in [0.15, 0.2) is 24.3 Å². The van der Waals surface area contributed by atoms with Crippen molar-refractivity contribution in [1.29, 1.82) is 0 Å². The minimum absolute atomic E-state index is 0.0565. The van der Waals surface area contributed by atoms with Gasteiger partial charge in [0.25, 0.3) is 0 Å². The molecule has 1 aromatic carbocycles. The highest BCUT2D eigenvalue weighted by Gasteiger charge is 2.31. The topological polar surface area (TPSA) is 58.2 Å². The Kier molecular flexibility index (Phi) is 3.46. The largest absolute Gasteiger partial charge is 0.416 e. The highest BCUT2D eigenvalue weighted by Crippen LogP contribution is 2.30. The third-order valence-electron chi connectivity index (χ3n) is 2.77. The Morgan fingerprint density at radius 3 is 2.68 bits per heavy atom. The van der Waals surface area contributed by atoms with Gasteiger partial charge in [0, 0.05) is 12.1 Å². The number of benzene rings is 1. The lowest BCUT2D eigenvalue weighted by atomic mass is 10.1. The SMILES string of the molecule is O=C1CC[C@@H](C(=O)Nc2cccc(C(F)(F)F)c2)N1. The maximum Gasteiger partial charge on any atom is 0.416 e. The molecule has 102 valence electrons. The average Bonchev–Trinajstić information content (AvgIpc) is 2.75. The quantitative estimate of drug-likeness (QED) is 0.864. The number of amides is 2. The molecule has 1 atom stereocenters. The standard InChI is InChI=1S/C12H11F3N2O2/c13-12(14,15)7-2-1-3-8(6-7)16-11(19)9-4-5-10(18)17-9/h1-3,6,9H,4-5H2,(H,16,19)(H,17,18)/t9-/m0/s1. The van der Waals surface area contributed by atoms with Crippen molar-refractivity contribution >= 4 is 17.5 Å². The molecule has 1 aromatic rings. The molecule has 1 aliphatic rings. The van der Waals surface area contributed by atoms with E-state index in [4.69, 9.17) is 0 Å². The third-order valence-corrected chi connectivity index (χ3v) is 2.77. The van der Waals surface area contributed by atoms with E-state index in [1.54, 1.807) is 0 Å². The van der Waals surface area contributed by atoms with Gasteiger partial charge < -0.3 is 10.6 Å². The van der Waals surface area contributed by atoms with Gasteiger partial charge in [-0.25, -0.2) is 0 Å². The van der Waals surface area contributed by atoms with Crippen LogP contribution in [0.5, 0.6) is 0 Å². The molecule has 19 heavy (non-hydrogen) atoms.